The van der Waals surface area contributed by atoms with Gasteiger partial charge in [-0.3, -0.25) is 0 Å². The first-order valence-electron chi connectivity index (χ1n) is 5.29. The van der Waals surface area contributed by atoms with E-state index in [1.807, 2.05) is 0 Å². The van der Waals surface area contributed by atoms with E-state index in [0.717, 1.165) is 12.1 Å². The monoisotopic (exact) mass is 298 g/mol. The fourth-order valence-corrected chi connectivity index (χ4v) is 1.90. The maximum absolute atomic E-state index is 13.6. The Morgan fingerprint density at radius 1 is 1.16 bits per heavy atom. The molecule has 0 aliphatic heterocycles. The first-order valence-corrected chi connectivity index (χ1v) is 6.07. The average molecular weight is 299 g/mol. The second kappa shape index (κ2) is 5.50. The van der Waals surface area contributed by atoms with E-state index in [1.165, 1.54) is 0 Å². The van der Waals surface area contributed by atoms with Gasteiger partial charge in [0.05, 0.1) is 10.7 Å². The lowest BCUT2D eigenvalue weighted by Gasteiger charge is -2.10. The number of rotatable bonds is 3. The van der Waals surface area contributed by atoms with Crippen LogP contribution >= 0.6 is 23.8 Å². The third-order valence-electron chi connectivity index (χ3n) is 2.45. The van der Waals surface area contributed by atoms with Crippen molar-refractivity contribution in [1.82, 2.24) is 0 Å². The zero-order valence-corrected chi connectivity index (χ0v) is 11.2. The van der Waals surface area contributed by atoms with Gasteiger partial charge in [0.1, 0.15) is 10.8 Å². The largest absolute Gasteiger partial charge is 0.389 e. The number of hydrogen-bond acceptors (Lipinski definition) is 2. The van der Waals surface area contributed by atoms with Crippen molar-refractivity contribution in [3.8, 4) is 0 Å². The first-order chi connectivity index (χ1) is 8.97. The highest BCUT2D eigenvalue weighted by Gasteiger charge is 2.10. The Kier molecular flexibility index (Phi) is 3.97. The van der Waals surface area contributed by atoms with Gasteiger partial charge in [-0.2, -0.15) is 0 Å². The molecule has 0 atom stereocenters. The third kappa shape index (κ3) is 3.19. The quantitative estimate of drug-likeness (QED) is 0.841. The molecule has 2 aromatic rings. The summed E-state index contributed by atoms with van der Waals surface area (Å²) in [4.78, 5) is 0.276. The van der Waals surface area contributed by atoms with Crippen molar-refractivity contribution in [2.45, 2.75) is 0 Å². The van der Waals surface area contributed by atoms with Gasteiger partial charge in [-0.1, -0.05) is 23.8 Å². The summed E-state index contributed by atoms with van der Waals surface area (Å²) < 4.78 is 26.5. The SMILES string of the molecule is NC(=S)c1ccc(Nc2c(F)cc(F)cc2Cl)cc1. The van der Waals surface area contributed by atoms with Gasteiger partial charge in [-0.25, -0.2) is 8.78 Å². The molecule has 3 N–H and O–H groups in total. The van der Waals surface area contributed by atoms with Crippen LogP contribution in [-0.2, 0) is 0 Å². The van der Waals surface area contributed by atoms with Crippen LogP contribution in [0.15, 0.2) is 36.4 Å². The lowest BCUT2D eigenvalue weighted by molar-refractivity contribution is 0.586. The van der Waals surface area contributed by atoms with Gasteiger partial charge < -0.3 is 11.1 Å². The van der Waals surface area contributed by atoms with E-state index in [9.17, 15) is 8.78 Å². The third-order valence-corrected chi connectivity index (χ3v) is 2.98. The Bertz CT molecular complexity index is 606. The van der Waals surface area contributed by atoms with Gasteiger partial charge in [0.2, 0.25) is 0 Å². The summed E-state index contributed by atoms with van der Waals surface area (Å²) in [6.07, 6.45) is 0. The van der Waals surface area contributed by atoms with E-state index in [4.69, 9.17) is 29.6 Å². The highest BCUT2D eigenvalue weighted by molar-refractivity contribution is 7.80. The summed E-state index contributed by atoms with van der Waals surface area (Å²) in [7, 11) is 0. The maximum atomic E-state index is 13.6. The van der Waals surface area contributed by atoms with Gasteiger partial charge in [0, 0.05) is 17.3 Å². The van der Waals surface area contributed by atoms with E-state index < -0.39 is 11.6 Å². The van der Waals surface area contributed by atoms with Crippen molar-refractivity contribution in [3.05, 3.63) is 58.6 Å². The van der Waals surface area contributed by atoms with Crippen LogP contribution in [-0.4, -0.2) is 4.99 Å². The number of thiocarbonyl (C=S) groups is 1. The molecule has 0 fully saturated rings. The molecule has 98 valence electrons. The van der Waals surface area contributed by atoms with Gasteiger partial charge >= 0.3 is 0 Å². The Balaban J connectivity index is 2.29. The molecule has 2 rings (SSSR count). The predicted octanol–water partition coefficient (Wildman–Crippen LogP) is 4.00. The standard InChI is InChI=1S/C13H9ClF2N2S/c14-10-5-8(15)6-11(16)12(10)18-9-3-1-7(2-4-9)13(17)19/h1-6,18H,(H2,17,19). The van der Waals surface area contributed by atoms with Gasteiger partial charge in [0.15, 0.2) is 5.82 Å². The number of nitrogens with two attached hydrogens (primary N) is 1. The molecule has 0 heterocycles. The molecule has 0 bridgehead atoms. The minimum absolute atomic E-state index is 0.0196. The fourth-order valence-electron chi connectivity index (χ4n) is 1.52. The summed E-state index contributed by atoms with van der Waals surface area (Å²) in [5.74, 6) is -1.49. The molecular weight excluding hydrogens is 290 g/mol. The molecule has 0 saturated heterocycles. The lowest BCUT2D eigenvalue weighted by atomic mass is 10.2. The molecule has 6 heteroatoms. The maximum Gasteiger partial charge on any atom is 0.151 e. The van der Waals surface area contributed by atoms with Crippen LogP contribution in [0.2, 0.25) is 5.02 Å². The second-order valence-electron chi connectivity index (χ2n) is 3.81. The van der Waals surface area contributed by atoms with Crippen molar-refractivity contribution in [2.75, 3.05) is 5.32 Å². The smallest absolute Gasteiger partial charge is 0.151 e. The minimum Gasteiger partial charge on any atom is -0.389 e. The minimum atomic E-state index is -0.761. The van der Waals surface area contributed by atoms with Gasteiger partial charge in [-0.15, -0.1) is 0 Å². The molecule has 2 nitrogen and oxygen atoms in total. The molecular formula is C13H9ClF2N2S. The second-order valence-corrected chi connectivity index (χ2v) is 4.66. The van der Waals surface area contributed by atoms with Crippen molar-refractivity contribution in [1.29, 1.82) is 0 Å². The predicted molar refractivity (Wildman–Crippen MR) is 77.0 cm³/mol. The number of anilines is 2. The highest BCUT2D eigenvalue weighted by Crippen LogP contribution is 2.29. The molecule has 0 spiro atoms. The number of nitrogens with one attached hydrogen (secondary N) is 1. The number of hydrogen-bond donors (Lipinski definition) is 2. The summed E-state index contributed by atoms with van der Waals surface area (Å²) in [5, 5.41) is 2.74. The van der Waals surface area contributed by atoms with Crippen LogP contribution in [0.3, 0.4) is 0 Å². The van der Waals surface area contributed by atoms with E-state index in [-0.39, 0.29) is 15.7 Å². The fraction of sp³-hybridized carbons (Fsp3) is 0. The van der Waals surface area contributed by atoms with Crippen LogP contribution in [0.5, 0.6) is 0 Å². The average Bonchev–Trinajstić information content (AvgIpc) is 2.34. The van der Waals surface area contributed by atoms with Crippen LogP contribution < -0.4 is 11.1 Å². The van der Waals surface area contributed by atoms with Crippen molar-refractivity contribution in [2.24, 2.45) is 5.73 Å². The zero-order valence-electron chi connectivity index (χ0n) is 9.58. The van der Waals surface area contributed by atoms with E-state index in [2.05, 4.69) is 5.32 Å². The van der Waals surface area contributed by atoms with Crippen LogP contribution in [0.1, 0.15) is 5.56 Å². The Labute approximate surface area is 119 Å². The van der Waals surface area contributed by atoms with E-state index in [0.29, 0.717) is 11.3 Å². The Morgan fingerprint density at radius 2 is 1.79 bits per heavy atom. The van der Waals surface area contributed by atoms with Crippen molar-refractivity contribution in [3.63, 3.8) is 0 Å². The highest BCUT2D eigenvalue weighted by atomic mass is 35.5. The molecule has 19 heavy (non-hydrogen) atoms. The summed E-state index contributed by atoms with van der Waals surface area (Å²) in [5.41, 5.74) is 6.78. The van der Waals surface area contributed by atoms with Crippen LogP contribution in [0.4, 0.5) is 20.2 Å². The zero-order chi connectivity index (χ0) is 14.0. The van der Waals surface area contributed by atoms with Crippen molar-refractivity contribution < 1.29 is 8.78 Å². The van der Waals surface area contributed by atoms with Crippen molar-refractivity contribution >= 4 is 40.2 Å². The summed E-state index contributed by atoms with van der Waals surface area (Å²) in [6, 6.07) is 8.54. The summed E-state index contributed by atoms with van der Waals surface area (Å²) in [6.45, 7) is 0. The summed E-state index contributed by atoms with van der Waals surface area (Å²) >= 11 is 10.6. The molecule has 0 unspecified atom stereocenters. The van der Waals surface area contributed by atoms with Crippen LogP contribution in [0.25, 0.3) is 0 Å². The molecule has 2 aromatic carbocycles. The Hall–Kier alpha value is -1.72. The molecule has 0 amide bonds. The normalized spacial score (nSPS) is 10.3. The topological polar surface area (TPSA) is 38.0 Å². The molecule has 0 aliphatic rings. The Morgan fingerprint density at radius 3 is 2.32 bits per heavy atom. The van der Waals surface area contributed by atoms with E-state index >= 15 is 0 Å². The first kappa shape index (κ1) is 13.7. The van der Waals surface area contributed by atoms with Crippen LogP contribution in [0, 0.1) is 11.6 Å². The lowest BCUT2D eigenvalue weighted by Crippen LogP contribution is -2.08. The molecule has 0 aliphatic carbocycles. The van der Waals surface area contributed by atoms with Gasteiger partial charge in [-0.05, 0) is 30.3 Å². The molecule has 0 saturated carbocycles. The molecule has 0 aromatic heterocycles. The number of benzene rings is 2. The number of halogens is 3. The van der Waals surface area contributed by atoms with E-state index in [1.54, 1.807) is 24.3 Å². The van der Waals surface area contributed by atoms with Gasteiger partial charge in [0.25, 0.3) is 0 Å². The molecule has 0 radical (unpaired) electrons.